The van der Waals surface area contributed by atoms with Crippen LogP contribution in [-0.2, 0) is 0 Å². The molecular formula is C12H11F2NO2. The second kappa shape index (κ2) is 4.25. The van der Waals surface area contributed by atoms with E-state index in [-0.39, 0.29) is 16.5 Å². The monoisotopic (exact) mass is 239 g/mol. The van der Waals surface area contributed by atoms with Crippen LogP contribution in [0.4, 0.5) is 8.78 Å². The quantitative estimate of drug-likeness (QED) is 0.837. The van der Waals surface area contributed by atoms with E-state index in [4.69, 9.17) is 4.42 Å². The van der Waals surface area contributed by atoms with E-state index >= 15 is 0 Å². The molecule has 2 rings (SSSR count). The number of halogens is 2. The molecule has 1 N–H and O–H groups in total. The number of fused-ring (bicyclic) bond motifs is 1. The van der Waals surface area contributed by atoms with Gasteiger partial charge in [-0.15, -0.1) is 0 Å². The molecule has 5 heteroatoms. The second-order valence-corrected chi connectivity index (χ2v) is 3.76. The van der Waals surface area contributed by atoms with Crippen LogP contribution in [0.5, 0.6) is 0 Å². The van der Waals surface area contributed by atoms with Crippen LogP contribution < -0.4 is 5.32 Å². The summed E-state index contributed by atoms with van der Waals surface area (Å²) in [5, 5.41) is 2.72. The number of Topliss-reactive ketones (excluding diaryl/α,β-unsaturated/α-hetero) is 1. The molecule has 0 saturated heterocycles. The number of likely N-dealkylation sites (N-methyl/N-ethyl adjacent to an activating group) is 1. The van der Waals surface area contributed by atoms with Gasteiger partial charge in [-0.2, -0.15) is 0 Å². The summed E-state index contributed by atoms with van der Waals surface area (Å²) >= 11 is 0. The lowest BCUT2D eigenvalue weighted by Gasteiger charge is -2.10. The Morgan fingerprint density at radius 1 is 1.47 bits per heavy atom. The molecule has 1 aromatic heterocycles. The Balaban J connectivity index is 2.62. The standard InChI is InChI=1S/C12H11F2NO2/c1-6(15-2)11(16)8-5-9(13)7-3-4-17-12(7)10(8)14/h3-6,15H,1-2H3. The van der Waals surface area contributed by atoms with Crippen molar-refractivity contribution in [3.63, 3.8) is 0 Å². The molecule has 1 heterocycles. The molecule has 3 nitrogen and oxygen atoms in total. The van der Waals surface area contributed by atoms with Gasteiger partial charge < -0.3 is 9.73 Å². The molecule has 1 atom stereocenters. The molecule has 17 heavy (non-hydrogen) atoms. The minimum Gasteiger partial charge on any atom is -0.461 e. The fraction of sp³-hybridized carbons (Fsp3) is 0.250. The van der Waals surface area contributed by atoms with Crippen molar-refractivity contribution in [2.75, 3.05) is 7.05 Å². The first-order chi connectivity index (χ1) is 8.06. The van der Waals surface area contributed by atoms with Gasteiger partial charge in [0.15, 0.2) is 17.2 Å². The third-order valence-electron chi connectivity index (χ3n) is 2.72. The highest BCUT2D eigenvalue weighted by molar-refractivity contribution is 6.02. The van der Waals surface area contributed by atoms with E-state index in [1.165, 1.54) is 12.3 Å². The number of rotatable bonds is 3. The summed E-state index contributed by atoms with van der Waals surface area (Å²) in [7, 11) is 1.57. The fourth-order valence-electron chi connectivity index (χ4n) is 1.60. The van der Waals surface area contributed by atoms with Crippen molar-refractivity contribution in [1.29, 1.82) is 0 Å². The predicted molar refractivity (Wildman–Crippen MR) is 59.0 cm³/mol. The van der Waals surface area contributed by atoms with Gasteiger partial charge >= 0.3 is 0 Å². The molecule has 0 aliphatic rings. The molecule has 1 aromatic carbocycles. The summed E-state index contributed by atoms with van der Waals surface area (Å²) < 4.78 is 32.4. The zero-order chi connectivity index (χ0) is 12.6. The van der Waals surface area contributed by atoms with E-state index in [0.717, 1.165) is 6.07 Å². The van der Waals surface area contributed by atoms with E-state index in [1.807, 2.05) is 0 Å². The smallest absolute Gasteiger partial charge is 0.182 e. The van der Waals surface area contributed by atoms with Crippen LogP contribution in [0.25, 0.3) is 11.0 Å². The Kier molecular flexibility index (Phi) is 2.93. The number of hydrogen-bond donors (Lipinski definition) is 1. The van der Waals surface area contributed by atoms with Crippen molar-refractivity contribution in [2.24, 2.45) is 0 Å². The minimum atomic E-state index is -0.821. The Hall–Kier alpha value is -1.75. The summed E-state index contributed by atoms with van der Waals surface area (Å²) in [5.74, 6) is -2.00. The first-order valence-electron chi connectivity index (χ1n) is 5.13. The number of carbonyl (C=O) groups is 1. The highest BCUT2D eigenvalue weighted by Gasteiger charge is 2.22. The average Bonchev–Trinajstić information content (AvgIpc) is 2.81. The average molecular weight is 239 g/mol. The normalized spacial score (nSPS) is 12.9. The molecule has 0 amide bonds. The largest absolute Gasteiger partial charge is 0.461 e. The van der Waals surface area contributed by atoms with Gasteiger partial charge in [-0.25, -0.2) is 8.78 Å². The Morgan fingerprint density at radius 3 is 2.82 bits per heavy atom. The van der Waals surface area contributed by atoms with Crippen LogP contribution in [0.2, 0.25) is 0 Å². The van der Waals surface area contributed by atoms with Gasteiger partial charge in [-0.05, 0) is 26.1 Å². The molecule has 0 aliphatic carbocycles. The number of nitrogens with one attached hydrogen (secondary N) is 1. The molecule has 0 saturated carbocycles. The predicted octanol–water partition coefficient (Wildman–Crippen LogP) is 2.50. The van der Waals surface area contributed by atoms with E-state index in [9.17, 15) is 13.6 Å². The number of hydrogen-bond acceptors (Lipinski definition) is 3. The van der Waals surface area contributed by atoms with Crippen LogP contribution in [0, 0.1) is 11.6 Å². The lowest BCUT2D eigenvalue weighted by atomic mass is 10.0. The zero-order valence-electron chi connectivity index (χ0n) is 9.38. The summed E-state index contributed by atoms with van der Waals surface area (Å²) in [6, 6.07) is 1.64. The molecule has 2 aromatic rings. The van der Waals surface area contributed by atoms with Gasteiger partial charge in [0.2, 0.25) is 0 Å². The van der Waals surface area contributed by atoms with Crippen LogP contribution in [0.1, 0.15) is 17.3 Å². The summed E-state index contributed by atoms with van der Waals surface area (Å²) in [6.45, 7) is 1.58. The SMILES string of the molecule is CNC(C)C(=O)c1cc(F)c2ccoc2c1F. The zero-order valence-corrected chi connectivity index (χ0v) is 9.38. The maximum atomic E-state index is 13.9. The highest BCUT2D eigenvalue weighted by atomic mass is 19.1. The maximum Gasteiger partial charge on any atom is 0.182 e. The van der Waals surface area contributed by atoms with Crippen LogP contribution in [0.15, 0.2) is 22.8 Å². The molecule has 0 fully saturated rings. The molecule has 0 aliphatic heterocycles. The Morgan fingerprint density at radius 2 is 2.18 bits per heavy atom. The number of benzene rings is 1. The fourth-order valence-corrected chi connectivity index (χ4v) is 1.60. The summed E-state index contributed by atoms with van der Waals surface area (Å²) in [5.41, 5.74) is -0.525. The summed E-state index contributed by atoms with van der Waals surface area (Å²) in [4.78, 5) is 11.8. The number of carbonyl (C=O) groups excluding carboxylic acids is 1. The van der Waals surface area contributed by atoms with Gasteiger partial charge in [0, 0.05) is 0 Å². The Labute approximate surface area is 96.4 Å². The van der Waals surface area contributed by atoms with E-state index < -0.39 is 23.5 Å². The third kappa shape index (κ3) is 1.82. The van der Waals surface area contributed by atoms with Crippen molar-refractivity contribution in [3.8, 4) is 0 Å². The second-order valence-electron chi connectivity index (χ2n) is 3.76. The van der Waals surface area contributed by atoms with Gasteiger partial charge in [-0.3, -0.25) is 4.79 Å². The first-order valence-corrected chi connectivity index (χ1v) is 5.13. The first kappa shape index (κ1) is 11.7. The molecular weight excluding hydrogens is 228 g/mol. The van der Waals surface area contributed by atoms with Gasteiger partial charge in [-0.1, -0.05) is 0 Å². The minimum absolute atomic E-state index is 0.0381. The van der Waals surface area contributed by atoms with Crippen LogP contribution in [0.3, 0.4) is 0 Å². The van der Waals surface area contributed by atoms with Crippen LogP contribution >= 0.6 is 0 Å². The summed E-state index contributed by atoms with van der Waals surface area (Å²) in [6.07, 6.45) is 1.19. The van der Waals surface area contributed by atoms with E-state index in [1.54, 1.807) is 14.0 Å². The van der Waals surface area contributed by atoms with Crippen molar-refractivity contribution < 1.29 is 18.0 Å². The highest BCUT2D eigenvalue weighted by Crippen LogP contribution is 2.26. The van der Waals surface area contributed by atoms with Crippen molar-refractivity contribution in [3.05, 3.63) is 35.6 Å². The van der Waals surface area contributed by atoms with Crippen LogP contribution in [-0.4, -0.2) is 18.9 Å². The van der Waals surface area contributed by atoms with Gasteiger partial charge in [0.1, 0.15) is 5.82 Å². The van der Waals surface area contributed by atoms with E-state index in [0.29, 0.717) is 0 Å². The lowest BCUT2D eigenvalue weighted by Crippen LogP contribution is -2.31. The maximum absolute atomic E-state index is 13.9. The van der Waals surface area contributed by atoms with E-state index in [2.05, 4.69) is 5.32 Å². The van der Waals surface area contributed by atoms with Gasteiger partial charge in [0.25, 0.3) is 0 Å². The molecule has 1 unspecified atom stereocenters. The third-order valence-corrected chi connectivity index (χ3v) is 2.72. The lowest BCUT2D eigenvalue weighted by molar-refractivity contribution is 0.0950. The number of furan rings is 1. The van der Waals surface area contributed by atoms with Crippen molar-refractivity contribution in [2.45, 2.75) is 13.0 Å². The van der Waals surface area contributed by atoms with Crippen molar-refractivity contribution in [1.82, 2.24) is 5.32 Å². The molecule has 0 bridgehead atoms. The number of ketones is 1. The molecule has 0 radical (unpaired) electrons. The van der Waals surface area contributed by atoms with Gasteiger partial charge in [0.05, 0.1) is 23.3 Å². The van der Waals surface area contributed by atoms with Crippen molar-refractivity contribution >= 4 is 16.8 Å². The topological polar surface area (TPSA) is 42.2 Å². The molecule has 0 spiro atoms. The Bertz CT molecular complexity index is 577. The molecule has 90 valence electrons.